The van der Waals surface area contributed by atoms with Gasteiger partial charge in [0.15, 0.2) is 0 Å². The van der Waals surface area contributed by atoms with Gasteiger partial charge in [0.2, 0.25) is 0 Å². The molecule has 2 saturated heterocycles. The maximum atomic E-state index is 5.73. The van der Waals surface area contributed by atoms with Gasteiger partial charge in [0.25, 0.3) is 0 Å². The van der Waals surface area contributed by atoms with E-state index in [-0.39, 0.29) is 0 Å². The Morgan fingerprint density at radius 2 is 1.40 bits per heavy atom. The van der Waals surface area contributed by atoms with Gasteiger partial charge in [-0.1, -0.05) is 34.6 Å². The van der Waals surface area contributed by atoms with Gasteiger partial charge >= 0.3 is 0 Å². The van der Waals surface area contributed by atoms with Crippen molar-refractivity contribution in [2.24, 2.45) is 16.7 Å². The molecule has 2 bridgehead atoms. The summed E-state index contributed by atoms with van der Waals surface area (Å²) in [4.78, 5) is 0. The van der Waals surface area contributed by atoms with E-state index in [4.69, 9.17) is 4.74 Å². The van der Waals surface area contributed by atoms with Crippen LogP contribution in [0.25, 0.3) is 0 Å². The summed E-state index contributed by atoms with van der Waals surface area (Å²) in [6.07, 6.45) is 6.48. The van der Waals surface area contributed by atoms with Crippen molar-refractivity contribution in [3.8, 4) is 0 Å². The van der Waals surface area contributed by atoms with Crippen LogP contribution < -0.4 is 0 Å². The predicted molar refractivity (Wildman–Crippen MR) is 63.9 cm³/mol. The van der Waals surface area contributed by atoms with E-state index in [1.165, 1.54) is 25.7 Å². The second kappa shape index (κ2) is 3.48. The summed E-state index contributed by atoms with van der Waals surface area (Å²) in [5.41, 5.74) is 0.935. The molecule has 0 N–H and O–H groups in total. The summed E-state index contributed by atoms with van der Waals surface area (Å²) in [5, 5.41) is 0. The van der Waals surface area contributed by atoms with Crippen molar-refractivity contribution in [2.75, 3.05) is 0 Å². The molecule has 2 atom stereocenters. The van der Waals surface area contributed by atoms with Crippen molar-refractivity contribution < 1.29 is 4.74 Å². The molecule has 2 heterocycles. The average molecular weight is 210 g/mol. The molecule has 1 heteroatoms. The third-order valence-electron chi connectivity index (χ3n) is 4.10. The SMILES string of the molecule is CC(C)(C)CC(C)(C)C1CC2CC(C1)O2. The molecular formula is C14H26O. The smallest absolute Gasteiger partial charge is 0.0606 e. The van der Waals surface area contributed by atoms with Gasteiger partial charge in [-0.3, -0.25) is 0 Å². The van der Waals surface area contributed by atoms with E-state index in [0.29, 0.717) is 23.0 Å². The Balaban J connectivity index is 1.96. The molecular weight excluding hydrogens is 184 g/mol. The van der Waals surface area contributed by atoms with E-state index < -0.39 is 0 Å². The molecule has 1 saturated carbocycles. The van der Waals surface area contributed by atoms with Crippen LogP contribution in [0.2, 0.25) is 0 Å². The van der Waals surface area contributed by atoms with E-state index in [0.717, 1.165) is 5.92 Å². The maximum Gasteiger partial charge on any atom is 0.0606 e. The molecule has 0 aromatic rings. The summed E-state index contributed by atoms with van der Waals surface area (Å²) in [7, 11) is 0. The molecule has 2 unspecified atom stereocenters. The maximum absolute atomic E-state index is 5.73. The number of hydrogen-bond acceptors (Lipinski definition) is 1. The van der Waals surface area contributed by atoms with Crippen molar-refractivity contribution in [2.45, 2.75) is 72.5 Å². The Morgan fingerprint density at radius 1 is 0.933 bits per heavy atom. The largest absolute Gasteiger partial charge is 0.375 e. The van der Waals surface area contributed by atoms with E-state index in [1.54, 1.807) is 0 Å². The molecule has 88 valence electrons. The van der Waals surface area contributed by atoms with Crippen molar-refractivity contribution >= 4 is 0 Å². The first kappa shape index (κ1) is 11.4. The molecule has 0 aromatic heterocycles. The third-order valence-corrected chi connectivity index (χ3v) is 4.10. The van der Waals surface area contributed by atoms with Gasteiger partial charge in [0, 0.05) is 0 Å². The van der Waals surface area contributed by atoms with Crippen LogP contribution >= 0.6 is 0 Å². The van der Waals surface area contributed by atoms with Crippen LogP contribution in [0.3, 0.4) is 0 Å². The minimum Gasteiger partial charge on any atom is -0.375 e. The fourth-order valence-electron chi connectivity index (χ4n) is 3.74. The van der Waals surface area contributed by atoms with E-state index in [9.17, 15) is 0 Å². The number of hydrogen-bond donors (Lipinski definition) is 0. The summed E-state index contributed by atoms with van der Waals surface area (Å²) in [5.74, 6) is 0.884. The molecule has 2 aliphatic heterocycles. The van der Waals surface area contributed by atoms with Gasteiger partial charge in [-0.05, 0) is 42.4 Å². The minimum absolute atomic E-state index is 0.450. The molecule has 1 nitrogen and oxygen atoms in total. The highest BCUT2D eigenvalue weighted by Crippen LogP contribution is 2.49. The lowest BCUT2D eigenvalue weighted by Gasteiger charge is -2.51. The normalized spacial score (nSPS) is 36.2. The number of fused-ring (bicyclic) bond motifs is 2. The quantitative estimate of drug-likeness (QED) is 0.669. The van der Waals surface area contributed by atoms with Gasteiger partial charge in [0.1, 0.15) is 0 Å². The van der Waals surface area contributed by atoms with Crippen LogP contribution in [0.5, 0.6) is 0 Å². The van der Waals surface area contributed by atoms with Crippen LogP contribution in [0.1, 0.15) is 60.3 Å². The minimum atomic E-state index is 0.450. The standard InChI is InChI=1S/C14H26O/c1-13(2,3)9-14(4,5)10-6-11-8-12(7-10)15-11/h10-12H,6-9H2,1-5H3. The fourth-order valence-corrected chi connectivity index (χ4v) is 3.74. The monoisotopic (exact) mass is 210 g/mol. The Labute approximate surface area is 94.6 Å². The van der Waals surface area contributed by atoms with E-state index in [2.05, 4.69) is 34.6 Å². The molecule has 0 radical (unpaired) electrons. The zero-order chi connectivity index (χ0) is 11.3. The van der Waals surface area contributed by atoms with Crippen LogP contribution in [-0.4, -0.2) is 12.2 Å². The lowest BCUT2D eigenvalue weighted by Crippen LogP contribution is -2.49. The lowest BCUT2D eigenvalue weighted by atomic mass is 9.62. The molecule has 3 aliphatic rings. The molecule has 0 aromatic carbocycles. The Bertz CT molecular complexity index is 220. The van der Waals surface area contributed by atoms with Crippen LogP contribution in [0.4, 0.5) is 0 Å². The Morgan fingerprint density at radius 3 is 1.80 bits per heavy atom. The van der Waals surface area contributed by atoms with Crippen LogP contribution in [0.15, 0.2) is 0 Å². The zero-order valence-electron chi connectivity index (χ0n) is 11.0. The van der Waals surface area contributed by atoms with Gasteiger partial charge in [0.05, 0.1) is 12.2 Å². The molecule has 3 rings (SSSR count). The summed E-state index contributed by atoms with van der Waals surface area (Å²) >= 11 is 0. The van der Waals surface area contributed by atoms with Crippen molar-refractivity contribution in [3.63, 3.8) is 0 Å². The molecule has 3 fully saturated rings. The molecule has 0 amide bonds. The Hall–Kier alpha value is -0.0400. The topological polar surface area (TPSA) is 9.23 Å². The summed E-state index contributed by atoms with van der Waals surface area (Å²) < 4.78 is 5.73. The first-order chi connectivity index (χ1) is 6.76. The van der Waals surface area contributed by atoms with Gasteiger partial charge in [-0.2, -0.15) is 0 Å². The second-order valence-electron chi connectivity index (χ2n) is 7.51. The highest BCUT2D eigenvalue weighted by Gasteiger charge is 2.45. The zero-order valence-corrected chi connectivity index (χ0v) is 11.0. The fraction of sp³-hybridized carbons (Fsp3) is 1.00. The highest BCUT2D eigenvalue weighted by molar-refractivity contribution is 4.94. The molecule has 0 spiro atoms. The Kier molecular flexibility index (Phi) is 2.65. The number of rotatable bonds is 2. The first-order valence-electron chi connectivity index (χ1n) is 6.42. The van der Waals surface area contributed by atoms with Crippen molar-refractivity contribution in [3.05, 3.63) is 0 Å². The highest BCUT2D eigenvalue weighted by atomic mass is 16.5. The van der Waals surface area contributed by atoms with Gasteiger partial charge in [-0.25, -0.2) is 0 Å². The van der Waals surface area contributed by atoms with Crippen LogP contribution in [-0.2, 0) is 4.74 Å². The van der Waals surface area contributed by atoms with Crippen molar-refractivity contribution in [1.29, 1.82) is 0 Å². The third kappa shape index (κ3) is 2.55. The predicted octanol–water partition coefficient (Wildman–Crippen LogP) is 4.02. The van der Waals surface area contributed by atoms with E-state index in [1.807, 2.05) is 0 Å². The average Bonchev–Trinajstić information content (AvgIpc) is 1.98. The van der Waals surface area contributed by atoms with E-state index >= 15 is 0 Å². The summed E-state index contributed by atoms with van der Waals surface area (Å²) in [6, 6.07) is 0. The van der Waals surface area contributed by atoms with Gasteiger partial charge < -0.3 is 4.74 Å². The first-order valence-corrected chi connectivity index (χ1v) is 6.42. The number of ether oxygens (including phenoxy) is 1. The lowest BCUT2D eigenvalue weighted by molar-refractivity contribution is -0.189. The van der Waals surface area contributed by atoms with Gasteiger partial charge in [-0.15, -0.1) is 0 Å². The second-order valence-corrected chi connectivity index (χ2v) is 7.51. The van der Waals surface area contributed by atoms with Crippen LogP contribution in [0, 0.1) is 16.7 Å². The van der Waals surface area contributed by atoms with Crippen molar-refractivity contribution in [1.82, 2.24) is 0 Å². The summed E-state index contributed by atoms with van der Waals surface area (Å²) in [6.45, 7) is 12.0. The molecule has 1 aliphatic carbocycles. The molecule has 15 heavy (non-hydrogen) atoms.